The Kier molecular flexibility index (Phi) is 7.41. The molecule has 2 heterocycles. The van der Waals surface area contributed by atoms with Crippen LogP contribution in [-0.2, 0) is 14.3 Å². The van der Waals surface area contributed by atoms with Crippen molar-refractivity contribution < 1.29 is 24.2 Å². The van der Waals surface area contributed by atoms with Crippen LogP contribution in [0.1, 0.15) is 42.5 Å². The highest BCUT2D eigenvalue weighted by molar-refractivity contribution is 6.46. The number of aryl methyl sites for hydroxylation is 1. The van der Waals surface area contributed by atoms with E-state index in [-0.39, 0.29) is 24.5 Å². The topological polar surface area (TPSA) is 89.0 Å². The zero-order valence-corrected chi connectivity index (χ0v) is 18.1. The number of pyridine rings is 1. The van der Waals surface area contributed by atoms with E-state index in [1.54, 1.807) is 36.7 Å². The molecule has 0 radical (unpaired) electrons. The SMILES string of the molecule is CCCCOc1ccc(/C(O)=C2\C(=O)C(=O)N(CCOC)C2c2ccncc2)c(C)c1. The fourth-order valence-electron chi connectivity index (χ4n) is 3.66. The Labute approximate surface area is 182 Å². The summed E-state index contributed by atoms with van der Waals surface area (Å²) in [6.45, 7) is 5.06. The van der Waals surface area contributed by atoms with Crippen molar-refractivity contribution >= 4 is 17.4 Å². The zero-order chi connectivity index (χ0) is 22.4. The third-order valence-corrected chi connectivity index (χ3v) is 5.32. The van der Waals surface area contributed by atoms with Crippen LogP contribution in [0.3, 0.4) is 0 Å². The van der Waals surface area contributed by atoms with Crippen molar-refractivity contribution in [2.24, 2.45) is 0 Å². The number of hydrogen-bond donors (Lipinski definition) is 1. The molecule has 1 aromatic heterocycles. The Morgan fingerprint density at radius 1 is 1.16 bits per heavy atom. The van der Waals surface area contributed by atoms with Gasteiger partial charge in [-0.3, -0.25) is 14.6 Å². The number of rotatable bonds is 9. The minimum Gasteiger partial charge on any atom is -0.507 e. The van der Waals surface area contributed by atoms with Gasteiger partial charge in [0, 0.05) is 31.6 Å². The first kappa shape index (κ1) is 22.5. The maximum atomic E-state index is 12.9. The predicted octanol–water partition coefficient (Wildman–Crippen LogP) is 3.64. The van der Waals surface area contributed by atoms with E-state index in [1.165, 1.54) is 12.0 Å². The highest BCUT2D eigenvalue weighted by Gasteiger charge is 2.45. The summed E-state index contributed by atoms with van der Waals surface area (Å²) in [5, 5.41) is 11.2. The quantitative estimate of drug-likeness (QED) is 0.286. The molecule has 0 aliphatic carbocycles. The fraction of sp³-hybridized carbons (Fsp3) is 0.375. The second-order valence-electron chi connectivity index (χ2n) is 7.44. The molecular weight excluding hydrogens is 396 g/mol. The van der Waals surface area contributed by atoms with Crippen LogP contribution < -0.4 is 4.74 Å². The largest absolute Gasteiger partial charge is 0.507 e. The molecule has 1 aromatic carbocycles. The minimum atomic E-state index is -0.710. The minimum absolute atomic E-state index is 0.0649. The second kappa shape index (κ2) is 10.2. The van der Waals surface area contributed by atoms with Crippen molar-refractivity contribution in [3.63, 3.8) is 0 Å². The van der Waals surface area contributed by atoms with Crippen LogP contribution in [0.15, 0.2) is 48.3 Å². The first-order valence-corrected chi connectivity index (χ1v) is 10.4. The van der Waals surface area contributed by atoms with Gasteiger partial charge in [-0.15, -0.1) is 0 Å². The van der Waals surface area contributed by atoms with Crippen LogP contribution in [0.5, 0.6) is 5.75 Å². The molecule has 31 heavy (non-hydrogen) atoms. The van der Waals surface area contributed by atoms with Gasteiger partial charge in [0.05, 0.1) is 24.8 Å². The summed E-state index contributed by atoms with van der Waals surface area (Å²) in [5.41, 5.74) is 2.01. The van der Waals surface area contributed by atoms with Crippen LogP contribution in [0, 0.1) is 6.92 Å². The van der Waals surface area contributed by atoms with Gasteiger partial charge in [-0.2, -0.15) is 0 Å². The second-order valence-corrected chi connectivity index (χ2v) is 7.44. The van der Waals surface area contributed by atoms with Crippen LogP contribution in [0.2, 0.25) is 0 Å². The standard InChI is InChI=1S/C24H28N2O5/c1-4-5-13-31-18-6-7-19(16(2)15-18)22(27)20-21(17-8-10-25-11-9-17)26(12-14-30-3)24(29)23(20)28/h6-11,15,21,27H,4-5,12-14H2,1-3H3/b22-20+. The Balaban J connectivity index is 2.04. The van der Waals surface area contributed by atoms with Crippen molar-refractivity contribution in [1.29, 1.82) is 0 Å². The zero-order valence-electron chi connectivity index (χ0n) is 18.1. The molecule has 1 N–H and O–H groups in total. The van der Waals surface area contributed by atoms with Gasteiger partial charge in [0.25, 0.3) is 11.7 Å². The highest BCUT2D eigenvalue weighted by atomic mass is 16.5. The molecule has 1 unspecified atom stereocenters. The number of nitrogens with zero attached hydrogens (tertiary/aromatic N) is 2. The summed E-state index contributed by atoms with van der Waals surface area (Å²) in [6.07, 6.45) is 5.19. The van der Waals surface area contributed by atoms with Crippen molar-refractivity contribution in [1.82, 2.24) is 9.88 Å². The van der Waals surface area contributed by atoms with Crippen LogP contribution in [0.25, 0.3) is 5.76 Å². The highest BCUT2D eigenvalue weighted by Crippen LogP contribution is 2.39. The van der Waals surface area contributed by atoms with Gasteiger partial charge < -0.3 is 19.5 Å². The maximum Gasteiger partial charge on any atom is 0.295 e. The Morgan fingerprint density at radius 3 is 2.55 bits per heavy atom. The number of aromatic nitrogens is 1. The normalized spacial score (nSPS) is 17.9. The van der Waals surface area contributed by atoms with Crippen molar-refractivity contribution in [2.75, 3.05) is 26.9 Å². The molecular formula is C24H28N2O5. The molecule has 164 valence electrons. The van der Waals surface area contributed by atoms with E-state index >= 15 is 0 Å². The van der Waals surface area contributed by atoms with Gasteiger partial charge in [-0.1, -0.05) is 13.3 Å². The van der Waals surface area contributed by atoms with Gasteiger partial charge in [-0.25, -0.2) is 0 Å². The summed E-state index contributed by atoms with van der Waals surface area (Å²) >= 11 is 0. The third kappa shape index (κ3) is 4.77. The summed E-state index contributed by atoms with van der Waals surface area (Å²) in [5.74, 6) is -0.859. The van der Waals surface area contributed by atoms with Crippen molar-refractivity contribution in [3.8, 4) is 5.75 Å². The lowest BCUT2D eigenvalue weighted by Crippen LogP contribution is -2.32. The van der Waals surface area contributed by atoms with Crippen molar-refractivity contribution in [2.45, 2.75) is 32.7 Å². The van der Waals surface area contributed by atoms with E-state index in [2.05, 4.69) is 11.9 Å². The number of hydrogen-bond acceptors (Lipinski definition) is 6. The number of Topliss-reactive ketones (excluding diaryl/α,β-unsaturated/α-hetero) is 1. The van der Waals surface area contributed by atoms with E-state index in [0.29, 0.717) is 23.5 Å². The number of methoxy groups -OCH3 is 1. The lowest BCUT2D eigenvalue weighted by molar-refractivity contribution is -0.140. The number of ether oxygens (including phenoxy) is 2. The average molecular weight is 424 g/mol. The molecule has 1 fully saturated rings. The van der Waals surface area contributed by atoms with Crippen LogP contribution in [0.4, 0.5) is 0 Å². The molecule has 0 bridgehead atoms. The van der Waals surface area contributed by atoms with Gasteiger partial charge >= 0.3 is 0 Å². The molecule has 1 saturated heterocycles. The van der Waals surface area contributed by atoms with E-state index in [4.69, 9.17) is 9.47 Å². The Hall–Kier alpha value is -3.19. The number of likely N-dealkylation sites (tertiary alicyclic amines) is 1. The van der Waals surface area contributed by atoms with Gasteiger partial charge in [0.15, 0.2) is 0 Å². The van der Waals surface area contributed by atoms with Crippen LogP contribution >= 0.6 is 0 Å². The molecule has 7 heteroatoms. The van der Waals surface area contributed by atoms with E-state index in [0.717, 1.165) is 18.4 Å². The Morgan fingerprint density at radius 2 is 1.90 bits per heavy atom. The molecule has 0 spiro atoms. The number of aliphatic hydroxyl groups is 1. The van der Waals surface area contributed by atoms with Gasteiger partial charge in [0.2, 0.25) is 0 Å². The van der Waals surface area contributed by atoms with Gasteiger partial charge in [-0.05, 0) is 54.8 Å². The predicted molar refractivity (Wildman–Crippen MR) is 117 cm³/mol. The summed E-state index contributed by atoms with van der Waals surface area (Å²) in [6, 6.07) is 8.08. The van der Waals surface area contributed by atoms with E-state index < -0.39 is 17.7 Å². The third-order valence-electron chi connectivity index (χ3n) is 5.32. The number of unbranched alkanes of at least 4 members (excludes halogenated alkanes) is 1. The van der Waals surface area contributed by atoms with Crippen LogP contribution in [-0.4, -0.2) is 53.5 Å². The number of amides is 1. The molecule has 7 nitrogen and oxygen atoms in total. The summed E-state index contributed by atoms with van der Waals surface area (Å²) in [4.78, 5) is 31.2. The smallest absolute Gasteiger partial charge is 0.295 e. The average Bonchev–Trinajstić information content (AvgIpc) is 3.03. The maximum absolute atomic E-state index is 12.9. The van der Waals surface area contributed by atoms with E-state index in [1.807, 2.05) is 13.0 Å². The summed E-state index contributed by atoms with van der Waals surface area (Å²) < 4.78 is 10.8. The van der Waals surface area contributed by atoms with E-state index in [9.17, 15) is 14.7 Å². The molecule has 1 amide bonds. The monoisotopic (exact) mass is 424 g/mol. The molecule has 0 saturated carbocycles. The number of carbonyl (C=O) groups excluding carboxylic acids is 2. The molecule has 1 aliphatic heterocycles. The number of carbonyl (C=O) groups is 2. The number of aliphatic hydroxyl groups excluding tert-OH is 1. The Bertz CT molecular complexity index is 971. The fourth-order valence-corrected chi connectivity index (χ4v) is 3.66. The molecule has 3 rings (SSSR count). The molecule has 2 aromatic rings. The first-order chi connectivity index (χ1) is 15.0. The molecule has 1 atom stereocenters. The van der Waals surface area contributed by atoms with Crippen molar-refractivity contribution in [3.05, 3.63) is 65.0 Å². The lowest BCUT2D eigenvalue weighted by atomic mass is 9.94. The number of benzene rings is 1. The van der Waals surface area contributed by atoms with Gasteiger partial charge in [0.1, 0.15) is 11.5 Å². The first-order valence-electron chi connectivity index (χ1n) is 10.4. The summed E-state index contributed by atoms with van der Waals surface area (Å²) in [7, 11) is 1.53. The number of ketones is 1. The molecule has 1 aliphatic rings. The lowest BCUT2D eigenvalue weighted by Gasteiger charge is -2.25.